The highest BCUT2D eigenvalue weighted by Crippen LogP contribution is 2.16. The van der Waals surface area contributed by atoms with E-state index in [-0.39, 0.29) is 0 Å². The van der Waals surface area contributed by atoms with Crippen LogP contribution in [0.15, 0.2) is 30.8 Å². The maximum absolute atomic E-state index is 4.06. The third-order valence-corrected chi connectivity index (χ3v) is 2.10. The van der Waals surface area contributed by atoms with Gasteiger partial charge in [0.15, 0.2) is 0 Å². The molecule has 13 heavy (non-hydrogen) atoms. The van der Waals surface area contributed by atoms with Crippen LogP contribution in [0.2, 0.25) is 0 Å². The summed E-state index contributed by atoms with van der Waals surface area (Å²) in [5.74, 6) is 0. The van der Waals surface area contributed by atoms with Gasteiger partial charge in [-0.2, -0.15) is 0 Å². The third kappa shape index (κ3) is 3.03. The molecule has 0 aliphatic heterocycles. The van der Waals surface area contributed by atoms with Crippen molar-refractivity contribution < 1.29 is 0 Å². The summed E-state index contributed by atoms with van der Waals surface area (Å²) in [6, 6.07) is 8.48. The molecule has 0 atom stereocenters. The van der Waals surface area contributed by atoms with E-state index >= 15 is 0 Å². The summed E-state index contributed by atoms with van der Waals surface area (Å²) >= 11 is 0. The number of benzene rings is 1. The van der Waals surface area contributed by atoms with E-state index in [1.165, 1.54) is 16.7 Å². The van der Waals surface area contributed by atoms with Gasteiger partial charge < -0.3 is 5.32 Å². The van der Waals surface area contributed by atoms with Gasteiger partial charge in [0, 0.05) is 0 Å². The van der Waals surface area contributed by atoms with Crippen LogP contribution in [0.1, 0.15) is 17.5 Å². The number of hydrogen-bond donors (Lipinski definition) is 1. The molecule has 1 aromatic rings. The zero-order chi connectivity index (χ0) is 9.68. The number of nitrogens with one attached hydrogen (secondary N) is 1. The molecule has 0 amide bonds. The Morgan fingerprint density at radius 2 is 2.23 bits per heavy atom. The maximum atomic E-state index is 4.06. The minimum atomic E-state index is 0.993. The van der Waals surface area contributed by atoms with Crippen molar-refractivity contribution >= 4 is 5.57 Å². The normalized spacial score (nSPS) is 10.0. The Labute approximate surface area is 80.5 Å². The Bertz CT molecular complexity index is 289. The maximum Gasteiger partial charge on any atom is -0.00114 e. The Hall–Kier alpha value is -1.08. The molecule has 1 heteroatoms. The standard InChI is InChI=1S/C12H17N/c1-10-5-4-6-12(9-10)11(2)7-8-13-3/h4-6,9,13H,2,7-8H2,1,3H3. The van der Waals surface area contributed by atoms with Crippen molar-refractivity contribution in [3.63, 3.8) is 0 Å². The summed E-state index contributed by atoms with van der Waals surface area (Å²) in [6.45, 7) is 7.16. The highest BCUT2D eigenvalue weighted by molar-refractivity contribution is 5.63. The smallest absolute Gasteiger partial charge is 0.00114 e. The largest absolute Gasteiger partial charge is 0.319 e. The second-order valence-electron chi connectivity index (χ2n) is 3.33. The van der Waals surface area contributed by atoms with Crippen LogP contribution in [0, 0.1) is 6.92 Å². The van der Waals surface area contributed by atoms with Crippen LogP contribution in [0.4, 0.5) is 0 Å². The Morgan fingerprint density at radius 1 is 1.46 bits per heavy atom. The Morgan fingerprint density at radius 3 is 2.85 bits per heavy atom. The van der Waals surface area contributed by atoms with E-state index in [2.05, 4.69) is 43.1 Å². The first-order valence-electron chi connectivity index (χ1n) is 4.63. The van der Waals surface area contributed by atoms with Gasteiger partial charge in [-0.05, 0) is 38.1 Å². The van der Waals surface area contributed by atoms with Gasteiger partial charge in [0.05, 0.1) is 0 Å². The van der Waals surface area contributed by atoms with E-state index in [1.807, 2.05) is 7.05 Å². The molecule has 0 fully saturated rings. The number of rotatable bonds is 4. The van der Waals surface area contributed by atoms with Gasteiger partial charge in [0.25, 0.3) is 0 Å². The summed E-state index contributed by atoms with van der Waals surface area (Å²) in [6.07, 6.45) is 1.01. The molecule has 0 bridgehead atoms. The molecule has 0 saturated carbocycles. The topological polar surface area (TPSA) is 12.0 Å². The molecule has 0 unspecified atom stereocenters. The van der Waals surface area contributed by atoms with Crippen LogP contribution >= 0.6 is 0 Å². The summed E-state index contributed by atoms with van der Waals surface area (Å²) in [5.41, 5.74) is 3.76. The van der Waals surface area contributed by atoms with Crippen LogP contribution in [0.3, 0.4) is 0 Å². The Balaban J connectivity index is 2.66. The monoisotopic (exact) mass is 175 g/mol. The molecule has 0 aliphatic carbocycles. The van der Waals surface area contributed by atoms with E-state index in [9.17, 15) is 0 Å². The van der Waals surface area contributed by atoms with Crippen molar-refractivity contribution in [3.05, 3.63) is 42.0 Å². The lowest BCUT2D eigenvalue weighted by Crippen LogP contribution is -2.07. The third-order valence-electron chi connectivity index (χ3n) is 2.10. The first-order valence-corrected chi connectivity index (χ1v) is 4.63. The van der Waals surface area contributed by atoms with E-state index in [1.54, 1.807) is 0 Å². The van der Waals surface area contributed by atoms with Crippen LogP contribution in [0.25, 0.3) is 5.57 Å². The summed E-state index contributed by atoms with van der Waals surface area (Å²) < 4.78 is 0. The van der Waals surface area contributed by atoms with Gasteiger partial charge in [-0.3, -0.25) is 0 Å². The Kier molecular flexibility index (Phi) is 3.71. The van der Waals surface area contributed by atoms with Gasteiger partial charge in [-0.1, -0.05) is 36.4 Å². The van der Waals surface area contributed by atoms with Crippen LogP contribution in [-0.4, -0.2) is 13.6 Å². The van der Waals surface area contributed by atoms with Crippen LogP contribution in [-0.2, 0) is 0 Å². The first-order chi connectivity index (χ1) is 6.24. The fraction of sp³-hybridized carbons (Fsp3) is 0.333. The van der Waals surface area contributed by atoms with E-state index < -0.39 is 0 Å². The van der Waals surface area contributed by atoms with Crippen LogP contribution < -0.4 is 5.32 Å². The molecule has 1 aromatic carbocycles. The lowest BCUT2D eigenvalue weighted by molar-refractivity contribution is 0.816. The molecular formula is C12H17N. The highest BCUT2D eigenvalue weighted by Gasteiger charge is 1.97. The molecule has 70 valence electrons. The van der Waals surface area contributed by atoms with Crippen molar-refractivity contribution in [3.8, 4) is 0 Å². The second-order valence-corrected chi connectivity index (χ2v) is 3.33. The second kappa shape index (κ2) is 4.83. The molecule has 0 aliphatic rings. The van der Waals surface area contributed by atoms with Crippen LogP contribution in [0.5, 0.6) is 0 Å². The molecule has 1 N–H and O–H groups in total. The molecule has 0 radical (unpaired) electrons. The lowest BCUT2D eigenvalue weighted by atomic mass is 10.0. The van der Waals surface area contributed by atoms with E-state index in [4.69, 9.17) is 0 Å². The zero-order valence-corrected chi connectivity index (χ0v) is 8.43. The molecule has 1 nitrogen and oxygen atoms in total. The fourth-order valence-electron chi connectivity index (χ4n) is 1.29. The highest BCUT2D eigenvalue weighted by atomic mass is 14.8. The van der Waals surface area contributed by atoms with Gasteiger partial charge in [-0.25, -0.2) is 0 Å². The predicted octanol–water partition coefficient (Wildman–Crippen LogP) is 2.62. The van der Waals surface area contributed by atoms with Crippen molar-refractivity contribution in [1.82, 2.24) is 5.32 Å². The molecule has 0 aromatic heterocycles. The van der Waals surface area contributed by atoms with Crippen molar-refractivity contribution in [2.75, 3.05) is 13.6 Å². The summed E-state index contributed by atoms with van der Waals surface area (Å²) in [5, 5.41) is 3.12. The molecular weight excluding hydrogens is 158 g/mol. The molecule has 1 rings (SSSR count). The van der Waals surface area contributed by atoms with Crippen molar-refractivity contribution in [1.29, 1.82) is 0 Å². The molecule has 0 heterocycles. The average molecular weight is 175 g/mol. The summed E-state index contributed by atoms with van der Waals surface area (Å²) in [7, 11) is 1.96. The predicted molar refractivity (Wildman–Crippen MR) is 58.8 cm³/mol. The van der Waals surface area contributed by atoms with Gasteiger partial charge in [0.2, 0.25) is 0 Å². The fourth-order valence-corrected chi connectivity index (χ4v) is 1.29. The van der Waals surface area contributed by atoms with Gasteiger partial charge in [0.1, 0.15) is 0 Å². The molecule has 0 saturated heterocycles. The quantitative estimate of drug-likeness (QED) is 0.741. The minimum Gasteiger partial charge on any atom is -0.319 e. The number of hydrogen-bond acceptors (Lipinski definition) is 1. The lowest BCUT2D eigenvalue weighted by Gasteiger charge is -2.05. The zero-order valence-electron chi connectivity index (χ0n) is 8.43. The SMILES string of the molecule is C=C(CCNC)c1cccc(C)c1. The van der Waals surface area contributed by atoms with Crippen molar-refractivity contribution in [2.45, 2.75) is 13.3 Å². The number of aryl methyl sites for hydroxylation is 1. The van der Waals surface area contributed by atoms with Gasteiger partial charge >= 0.3 is 0 Å². The average Bonchev–Trinajstić information content (AvgIpc) is 2.14. The van der Waals surface area contributed by atoms with E-state index in [0.717, 1.165) is 13.0 Å². The first kappa shape index (κ1) is 10.0. The van der Waals surface area contributed by atoms with Gasteiger partial charge in [-0.15, -0.1) is 0 Å². The molecule has 0 spiro atoms. The summed E-state index contributed by atoms with van der Waals surface area (Å²) in [4.78, 5) is 0. The van der Waals surface area contributed by atoms with E-state index in [0.29, 0.717) is 0 Å². The van der Waals surface area contributed by atoms with Crippen molar-refractivity contribution in [2.24, 2.45) is 0 Å². The minimum absolute atomic E-state index is 0.993.